The van der Waals surface area contributed by atoms with Crippen LogP contribution in [0.15, 0.2) is 12.3 Å². The summed E-state index contributed by atoms with van der Waals surface area (Å²) in [6.07, 6.45) is 4.24. The minimum absolute atomic E-state index is 0.0618. The van der Waals surface area contributed by atoms with Gasteiger partial charge in [0.15, 0.2) is 5.65 Å². The lowest BCUT2D eigenvalue weighted by Crippen LogP contribution is -2.37. The molecule has 2 heterocycles. The zero-order valence-corrected chi connectivity index (χ0v) is 16.0. The summed E-state index contributed by atoms with van der Waals surface area (Å²) in [4.78, 5) is 17.4. The number of aromatic nitrogens is 3. The van der Waals surface area contributed by atoms with Crippen molar-refractivity contribution in [3.63, 3.8) is 0 Å². The standard InChI is InChI=1S/C19H30N4O2/c1-6-19(7-2,8-9-24)12-20-18(25)15-10-14(5)22-17-16(15)11-21-23(17)13(3)4/h10-11,13,24H,6-9,12H2,1-5H3,(H,20,25). The molecular weight excluding hydrogens is 316 g/mol. The predicted molar refractivity (Wildman–Crippen MR) is 99.7 cm³/mol. The third-order valence-electron chi connectivity index (χ3n) is 5.19. The number of carbonyl (C=O) groups is 1. The predicted octanol–water partition coefficient (Wildman–Crippen LogP) is 3.24. The molecule has 0 radical (unpaired) electrons. The number of aliphatic hydroxyl groups excluding tert-OH is 1. The number of nitrogens with one attached hydrogen (secondary N) is 1. The maximum atomic E-state index is 12.8. The number of aryl methyl sites for hydroxylation is 1. The van der Waals surface area contributed by atoms with Gasteiger partial charge in [0.1, 0.15) is 0 Å². The molecule has 0 spiro atoms. The number of fused-ring (bicyclic) bond motifs is 1. The molecule has 138 valence electrons. The van der Waals surface area contributed by atoms with E-state index >= 15 is 0 Å². The monoisotopic (exact) mass is 346 g/mol. The number of rotatable bonds is 8. The van der Waals surface area contributed by atoms with Crippen LogP contribution in [0.3, 0.4) is 0 Å². The number of aliphatic hydroxyl groups is 1. The smallest absolute Gasteiger partial charge is 0.252 e. The Kier molecular flexibility index (Phi) is 6.16. The molecule has 0 aliphatic rings. The van der Waals surface area contributed by atoms with Gasteiger partial charge in [-0.25, -0.2) is 9.67 Å². The van der Waals surface area contributed by atoms with E-state index in [0.717, 1.165) is 29.6 Å². The molecule has 0 bridgehead atoms. The Morgan fingerprint density at radius 1 is 1.36 bits per heavy atom. The van der Waals surface area contributed by atoms with Gasteiger partial charge in [-0.15, -0.1) is 0 Å². The Hall–Kier alpha value is -1.95. The van der Waals surface area contributed by atoms with Crippen molar-refractivity contribution in [2.24, 2.45) is 5.41 Å². The molecule has 2 N–H and O–H groups in total. The zero-order chi connectivity index (χ0) is 18.6. The van der Waals surface area contributed by atoms with Crippen LogP contribution in [-0.2, 0) is 0 Å². The zero-order valence-electron chi connectivity index (χ0n) is 16.0. The lowest BCUT2D eigenvalue weighted by Gasteiger charge is -2.31. The molecule has 25 heavy (non-hydrogen) atoms. The molecule has 6 nitrogen and oxygen atoms in total. The molecule has 2 aromatic rings. The Labute approximate surface area is 149 Å². The van der Waals surface area contributed by atoms with Gasteiger partial charge in [-0.3, -0.25) is 4.79 Å². The number of nitrogens with zero attached hydrogens (tertiary/aromatic N) is 3. The Morgan fingerprint density at radius 3 is 2.60 bits per heavy atom. The van der Waals surface area contributed by atoms with Crippen molar-refractivity contribution < 1.29 is 9.90 Å². The van der Waals surface area contributed by atoms with Gasteiger partial charge >= 0.3 is 0 Å². The molecule has 6 heteroatoms. The topological polar surface area (TPSA) is 80.0 Å². The summed E-state index contributed by atoms with van der Waals surface area (Å²) in [5, 5.41) is 17.6. The van der Waals surface area contributed by atoms with Crippen LogP contribution >= 0.6 is 0 Å². The normalized spacial score (nSPS) is 12.1. The van der Waals surface area contributed by atoms with E-state index in [1.54, 1.807) is 6.20 Å². The number of amides is 1. The van der Waals surface area contributed by atoms with Crippen molar-refractivity contribution in [3.8, 4) is 0 Å². The summed E-state index contributed by atoms with van der Waals surface area (Å²) in [6, 6.07) is 2.00. The lowest BCUT2D eigenvalue weighted by atomic mass is 9.79. The highest BCUT2D eigenvalue weighted by atomic mass is 16.3. The molecule has 0 saturated carbocycles. The highest BCUT2D eigenvalue weighted by Gasteiger charge is 2.27. The summed E-state index contributed by atoms with van der Waals surface area (Å²) in [7, 11) is 0. The average molecular weight is 346 g/mol. The van der Waals surface area contributed by atoms with Crippen LogP contribution in [0.25, 0.3) is 11.0 Å². The Balaban J connectivity index is 2.30. The largest absolute Gasteiger partial charge is 0.396 e. The second-order valence-electron chi connectivity index (χ2n) is 7.09. The van der Waals surface area contributed by atoms with Gasteiger partial charge in [0.05, 0.1) is 17.1 Å². The first kappa shape index (κ1) is 19.4. The van der Waals surface area contributed by atoms with Crippen molar-refractivity contribution in [2.75, 3.05) is 13.2 Å². The molecule has 0 atom stereocenters. The first-order valence-corrected chi connectivity index (χ1v) is 9.11. The van der Waals surface area contributed by atoms with Crippen LogP contribution in [0.1, 0.15) is 69.1 Å². The summed E-state index contributed by atoms with van der Waals surface area (Å²) >= 11 is 0. The highest BCUT2D eigenvalue weighted by Crippen LogP contribution is 2.29. The fraction of sp³-hybridized carbons (Fsp3) is 0.632. The van der Waals surface area contributed by atoms with Gasteiger partial charge in [-0.05, 0) is 51.5 Å². The maximum absolute atomic E-state index is 12.8. The van der Waals surface area contributed by atoms with Crippen LogP contribution in [0.5, 0.6) is 0 Å². The summed E-state index contributed by atoms with van der Waals surface area (Å²) < 4.78 is 1.84. The minimum Gasteiger partial charge on any atom is -0.396 e. The highest BCUT2D eigenvalue weighted by molar-refractivity contribution is 6.05. The minimum atomic E-state index is -0.108. The van der Waals surface area contributed by atoms with Gasteiger partial charge in [0, 0.05) is 24.9 Å². The van der Waals surface area contributed by atoms with E-state index < -0.39 is 0 Å². The van der Waals surface area contributed by atoms with E-state index in [1.807, 2.05) is 31.5 Å². The molecular formula is C19H30N4O2. The van der Waals surface area contributed by atoms with Crippen molar-refractivity contribution in [3.05, 3.63) is 23.5 Å². The van der Waals surface area contributed by atoms with Gasteiger partial charge in [-0.2, -0.15) is 5.10 Å². The second kappa shape index (κ2) is 7.95. The molecule has 1 amide bonds. The summed E-state index contributed by atoms with van der Waals surface area (Å²) in [5.74, 6) is -0.108. The first-order chi connectivity index (χ1) is 11.9. The number of hydrogen-bond donors (Lipinski definition) is 2. The van der Waals surface area contributed by atoms with E-state index in [9.17, 15) is 9.90 Å². The molecule has 0 saturated heterocycles. The summed E-state index contributed by atoms with van der Waals surface area (Å²) in [6.45, 7) is 10.9. The third kappa shape index (κ3) is 4.00. The molecule has 0 aromatic carbocycles. The molecule has 0 unspecified atom stereocenters. The van der Waals surface area contributed by atoms with Gasteiger partial charge in [-0.1, -0.05) is 13.8 Å². The van der Waals surface area contributed by atoms with Crippen LogP contribution in [0.2, 0.25) is 0 Å². The number of pyridine rings is 1. The summed E-state index contributed by atoms with van der Waals surface area (Å²) in [5.41, 5.74) is 2.09. The molecule has 0 aliphatic carbocycles. The van der Waals surface area contributed by atoms with E-state index in [-0.39, 0.29) is 24.0 Å². The lowest BCUT2D eigenvalue weighted by molar-refractivity contribution is 0.0908. The molecule has 2 rings (SSSR count). The third-order valence-corrected chi connectivity index (χ3v) is 5.19. The fourth-order valence-corrected chi connectivity index (χ4v) is 3.25. The van der Waals surface area contributed by atoms with Gasteiger partial charge in [0.25, 0.3) is 5.91 Å². The fourth-order valence-electron chi connectivity index (χ4n) is 3.25. The van der Waals surface area contributed by atoms with E-state index in [4.69, 9.17) is 0 Å². The number of carbonyl (C=O) groups excluding carboxylic acids is 1. The van der Waals surface area contributed by atoms with Crippen LogP contribution in [-0.4, -0.2) is 38.9 Å². The van der Waals surface area contributed by atoms with E-state index in [1.165, 1.54) is 0 Å². The average Bonchev–Trinajstić information content (AvgIpc) is 3.01. The Bertz CT molecular complexity index is 732. The quantitative estimate of drug-likeness (QED) is 0.769. The Morgan fingerprint density at radius 2 is 2.04 bits per heavy atom. The number of hydrogen-bond acceptors (Lipinski definition) is 4. The maximum Gasteiger partial charge on any atom is 0.252 e. The van der Waals surface area contributed by atoms with Crippen molar-refractivity contribution in [2.45, 2.75) is 59.9 Å². The van der Waals surface area contributed by atoms with Gasteiger partial charge < -0.3 is 10.4 Å². The van der Waals surface area contributed by atoms with Crippen LogP contribution in [0.4, 0.5) is 0 Å². The molecule has 2 aromatic heterocycles. The SMILES string of the molecule is CCC(CC)(CCO)CNC(=O)c1cc(C)nc2c1cnn2C(C)C. The van der Waals surface area contributed by atoms with Crippen LogP contribution < -0.4 is 5.32 Å². The molecule has 0 fully saturated rings. The van der Waals surface area contributed by atoms with Gasteiger partial charge in [0.2, 0.25) is 0 Å². The van der Waals surface area contributed by atoms with Crippen molar-refractivity contribution in [1.82, 2.24) is 20.1 Å². The van der Waals surface area contributed by atoms with E-state index in [0.29, 0.717) is 18.5 Å². The van der Waals surface area contributed by atoms with E-state index in [2.05, 4.69) is 29.2 Å². The second-order valence-corrected chi connectivity index (χ2v) is 7.09. The van der Waals surface area contributed by atoms with Crippen molar-refractivity contribution >= 4 is 16.9 Å². The molecule has 0 aliphatic heterocycles. The first-order valence-electron chi connectivity index (χ1n) is 9.11. The van der Waals surface area contributed by atoms with Crippen molar-refractivity contribution in [1.29, 1.82) is 0 Å². The van der Waals surface area contributed by atoms with Crippen LogP contribution in [0, 0.1) is 12.3 Å².